The Balaban J connectivity index is 3.79. The summed E-state index contributed by atoms with van der Waals surface area (Å²) in [6, 6.07) is 0. The Kier molecular flexibility index (Phi) is 6.40. The zero-order chi connectivity index (χ0) is 11.9. The van der Waals surface area contributed by atoms with Gasteiger partial charge in [0.2, 0.25) is 5.91 Å². The van der Waals surface area contributed by atoms with E-state index in [1.165, 1.54) is 0 Å². The molecular formula is C10H19NO3S. The molecule has 0 saturated heterocycles. The van der Waals surface area contributed by atoms with Crippen LogP contribution in [-0.4, -0.2) is 35.5 Å². The van der Waals surface area contributed by atoms with Crippen LogP contribution in [0.3, 0.4) is 0 Å². The quantitative estimate of drug-likeness (QED) is 0.652. The summed E-state index contributed by atoms with van der Waals surface area (Å²) in [6.07, 6.45) is 2.96. The van der Waals surface area contributed by atoms with Crippen LogP contribution < -0.4 is 5.32 Å². The number of rotatable bonds is 7. The molecule has 0 aromatic rings. The van der Waals surface area contributed by atoms with Gasteiger partial charge in [0.1, 0.15) is 0 Å². The Morgan fingerprint density at radius 1 is 1.40 bits per heavy atom. The molecule has 15 heavy (non-hydrogen) atoms. The maximum absolute atomic E-state index is 11.3. The minimum Gasteiger partial charge on any atom is -0.481 e. The summed E-state index contributed by atoms with van der Waals surface area (Å²) in [5.74, 6) is -0.131. The molecule has 0 aliphatic rings. The summed E-state index contributed by atoms with van der Waals surface area (Å²) < 4.78 is 0. The third-order valence-corrected chi connectivity index (χ3v) is 2.73. The Morgan fingerprint density at radius 3 is 2.47 bits per heavy atom. The number of carbonyl (C=O) groups excluding carboxylic acids is 1. The average Bonchev–Trinajstić information content (AvgIpc) is 2.11. The fraction of sp³-hybridized carbons (Fsp3) is 0.800. The molecule has 0 aromatic carbocycles. The highest BCUT2D eigenvalue weighted by Gasteiger charge is 2.29. The predicted molar refractivity (Wildman–Crippen MR) is 62.0 cm³/mol. The van der Waals surface area contributed by atoms with E-state index >= 15 is 0 Å². The molecule has 0 aliphatic carbocycles. The normalized spacial score (nSPS) is 11.1. The van der Waals surface area contributed by atoms with Crippen LogP contribution in [0.15, 0.2) is 0 Å². The second kappa shape index (κ2) is 6.71. The van der Waals surface area contributed by atoms with Crippen molar-refractivity contribution in [1.29, 1.82) is 0 Å². The fourth-order valence-electron chi connectivity index (χ4n) is 0.984. The summed E-state index contributed by atoms with van der Waals surface area (Å²) in [4.78, 5) is 22.1. The highest BCUT2D eigenvalue weighted by atomic mass is 32.2. The first-order chi connectivity index (χ1) is 6.90. The first-order valence-electron chi connectivity index (χ1n) is 4.89. The van der Waals surface area contributed by atoms with Gasteiger partial charge >= 0.3 is 5.97 Å². The number of thioether (sulfide) groups is 1. The third kappa shape index (κ3) is 6.38. The van der Waals surface area contributed by atoms with E-state index in [0.717, 1.165) is 12.2 Å². The standard InChI is InChI=1S/C10H19NO3S/c1-10(2,9(13)14)7-8(12)11-5-4-6-15-3/h4-7H2,1-3H3,(H,11,12)(H,13,14). The smallest absolute Gasteiger partial charge is 0.309 e. The molecule has 2 N–H and O–H groups in total. The largest absolute Gasteiger partial charge is 0.481 e. The van der Waals surface area contributed by atoms with E-state index in [2.05, 4.69) is 5.32 Å². The van der Waals surface area contributed by atoms with E-state index < -0.39 is 11.4 Å². The van der Waals surface area contributed by atoms with E-state index in [1.807, 2.05) is 6.26 Å². The summed E-state index contributed by atoms with van der Waals surface area (Å²) in [7, 11) is 0. The van der Waals surface area contributed by atoms with Crippen LogP contribution in [0.2, 0.25) is 0 Å². The topological polar surface area (TPSA) is 66.4 Å². The zero-order valence-electron chi connectivity index (χ0n) is 9.50. The molecule has 5 heteroatoms. The van der Waals surface area contributed by atoms with Gasteiger partial charge in [-0.25, -0.2) is 0 Å². The van der Waals surface area contributed by atoms with Gasteiger partial charge in [0.15, 0.2) is 0 Å². The van der Waals surface area contributed by atoms with Gasteiger partial charge in [0, 0.05) is 13.0 Å². The summed E-state index contributed by atoms with van der Waals surface area (Å²) in [5, 5.41) is 11.5. The van der Waals surface area contributed by atoms with Crippen LogP contribution in [-0.2, 0) is 9.59 Å². The van der Waals surface area contributed by atoms with Gasteiger partial charge in [0.05, 0.1) is 5.41 Å². The predicted octanol–water partition coefficient (Wildman–Crippen LogP) is 1.36. The first kappa shape index (κ1) is 14.3. The lowest BCUT2D eigenvalue weighted by atomic mass is 9.89. The average molecular weight is 233 g/mol. The second-order valence-corrected chi connectivity index (χ2v) is 5.05. The molecule has 0 saturated carbocycles. The molecule has 0 aromatic heterocycles. The number of nitrogens with one attached hydrogen (secondary N) is 1. The Hall–Kier alpha value is -0.710. The Morgan fingerprint density at radius 2 is 2.00 bits per heavy atom. The second-order valence-electron chi connectivity index (χ2n) is 4.06. The number of hydrogen-bond acceptors (Lipinski definition) is 3. The Bertz CT molecular complexity index is 229. The van der Waals surface area contributed by atoms with Crippen molar-refractivity contribution in [2.45, 2.75) is 26.7 Å². The minimum absolute atomic E-state index is 0.0294. The van der Waals surface area contributed by atoms with Gasteiger partial charge in [-0.05, 0) is 32.3 Å². The minimum atomic E-state index is -0.983. The highest BCUT2D eigenvalue weighted by Crippen LogP contribution is 2.19. The summed E-state index contributed by atoms with van der Waals surface area (Å²) >= 11 is 1.73. The van der Waals surface area contributed by atoms with Gasteiger partial charge in [-0.15, -0.1) is 0 Å². The summed E-state index contributed by atoms with van der Waals surface area (Å²) in [6.45, 7) is 3.73. The number of carboxylic acids is 1. The third-order valence-electron chi connectivity index (χ3n) is 2.03. The van der Waals surface area contributed by atoms with E-state index in [0.29, 0.717) is 6.54 Å². The van der Waals surface area contributed by atoms with Gasteiger partial charge in [-0.2, -0.15) is 11.8 Å². The lowest BCUT2D eigenvalue weighted by Crippen LogP contribution is -2.33. The van der Waals surface area contributed by atoms with Crippen molar-refractivity contribution >= 4 is 23.6 Å². The molecule has 0 atom stereocenters. The Labute approximate surface area is 94.8 Å². The number of carbonyl (C=O) groups is 2. The molecule has 88 valence electrons. The zero-order valence-corrected chi connectivity index (χ0v) is 10.3. The van der Waals surface area contributed by atoms with E-state index in [9.17, 15) is 9.59 Å². The van der Waals surface area contributed by atoms with Crippen molar-refractivity contribution in [3.8, 4) is 0 Å². The molecule has 0 spiro atoms. The van der Waals surface area contributed by atoms with Crippen LogP contribution >= 0.6 is 11.8 Å². The van der Waals surface area contributed by atoms with E-state index in [1.54, 1.807) is 25.6 Å². The van der Waals surface area contributed by atoms with Gasteiger partial charge in [-0.3, -0.25) is 9.59 Å². The van der Waals surface area contributed by atoms with Crippen LogP contribution in [0, 0.1) is 5.41 Å². The molecule has 0 bridgehead atoms. The fourth-order valence-corrected chi connectivity index (χ4v) is 1.42. The van der Waals surface area contributed by atoms with Crippen LogP contribution in [0.5, 0.6) is 0 Å². The lowest BCUT2D eigenvalue weighted by Gasteiger charge is -2.18. The maximum Gasteiger partial charge on any atom is 0.309 e. The van der Waals surface area contributed by atoms with Crippen molar-refractivity contribution in [1.82, 2.24) is 5.32 Å². The van der Waals surface area contributed by atoms with Crippen molar-refractivity contribution in [2.24, 2.45) is 5.41 Å². The van der Waals surface area contributed by atoms with Gasteiger partial charge in [-0.1, -0.05) is 0 Å². The molecule has 0 radical (unpaired) electrons. The highest BCUT2D eigenvalue weighted by molar-refractivity contribution is 7.98. The van der Waals surface area contributed by atoms with Crippen molar-refractivity contribution in [3.63, 3.8) is 0 Å². The van der Waals surface area contributed by atoms with Crippen LogP contribution in [0.4, 0.5) is 0 Å². The SMILES string of the molecule is CSCCCNC(=O)CC(C)(C)C(=O)O. The molecule has 0 unspecified atom stereocenters. The van der Waals surface area contributed by atoms with E-state index in [4.69, 9.17) is 5.11 Å². The molecule has 0 heterocycles. The first-order valence-corrected chi connectivity index (χ1v) is 6.28. The molecule has 0 aliphatic heterocycles. The number of carboxylic acid groups (broad SMARTS) is 1. The van der Waals surface area contributed by atoms with Crippen molar-refractivity contribution in [2.75, 3.05) is 18.6 Å². The number of hydrogen-bond donors (Lipinski definition) is 2. The molecule has 1 amide bonds. The van der Waals surface area contributed by atoms with Crippen LogP contribution in [0.1, 0.15) is 26.7 Å². The maximum atomic E-state index is 11.3. The van der Waals surface area contributed by atoms with Crippen molar-refractivity contribution < 1.29 is 14.7 Å². The summed E-state index contributed by atoms with van der Waals surface area (Å²) in [5.41, 5.74) is -0.983. The van der Waals surface area contributed by atoms with Crippen molar-refractivity contribution in [3.05, 3.63) is 0 Å². The molecule has 4 nitrogen and oxygen atoms in total. The van der Waals surface area contributed by atoms with Gasteiger partial charge in [0.25, 0.3) is 0 Å². The van der Waals surface area contributed by atoms with Gasteiger partial charge < -0.3 is 10.4 Å². The molecular weight excluding hydrogens is 214 g/mol. The van der Waals surface area contributed by atoms with E-state index in [-0.39, 0.29) is 12.3 Å². The number of amides is 1. The molecule has 0 fully saturated rings. The number of aliphatic carboxylic acids is 1. The molecule has 0 rings (SSSR count). The van der Waals surface area contributed by atoms with Crippen LogP contribution in [0.25, 0.3) is 0 Å². The monoisotopic (exact) mass is 233 g/mol. The lowest BCUT2D eigenvalue weighted by molar-refractivity contribution is -0.149.